The Hall–Kier alpha value is -3.19. The van der Waals surface area contributed by atoms with Gasteiger partial charge in [-0.2, -0.15) is 0 Å². The van der Waals surface area contributed by atoms with E-state index in [1.807, 2.05) is 12.1 Å². The van der Waals surface area contributed by atoms with Gasteiger partial charge in [-0.25, -0.2) is 14.4 Å². The molecule has 0 radical (unpaired) electrons. The van der Waals surface area contributed by atoms with Crippen LogP contribution in [0.3, 0.4) is 0 Å². The van der Waals surface area contributed by atoms with E-state index in [2.05, 4.69) is 15.0 Å². The monoisotopic (exact) mass is 378 g/mol. The molecule has 6 nitrogen and oxygen atoms in total. The van der Waals surface area contributed by atoms with Crippen molar-refractivity contribution in [3.05, 3.63) is 78.4 Å². The standard InChI is InChI=1S/C21H19FN4O2/c22-18-4-1-15(2-5-18)9-21(27)26-7-8-28-20(13-26)19-6-3-16(12-25-19)17-10-23-14-24-11-17/h1-6,10-12,14,20H,7-9,13H2. The predicted molar refractivity (Wildman–Crippen MR) is 101 cm³/mol. The normalized spacial score (nSPS) is 16.8. The van der Waals surface area contributed by atoms with E-state index >= 15 is 0 Å². The average molecular weight is 378 g/mol. The van der Waals surface area contributed by atoms with Crippen LogP contribution in [0.5, 0.6) is 0 Å². The number of rotatable bonds is 4. The van der Waals surface area contributed by atoms with Crippen LogP contribution in [-0.2, 0) is 16.0 Å². The number of aromatic nitrogens is 3. The lowest BCUT2D eigenvalue weighted by Gasteiger charge is -2.32. The third-order valence-electron chi connectivity index (χ3n) is 4.70. The quantitative estimate of drug-likeness (QED) is 0.698. The van der Waals surface area contributed by atoms with Gasteiger partial charge in [0.15, 0.2) is 0 Å². The van der Waals surface area contributed by atoms with Crippen molar-refractivity contribution in [2.24, 2.45) is 0 Å². The van der Waals surface area contributed by atoms with E-state index in [-0.39, 0.29) is 24.2 Å². The van der Waals surface area contributed by atoms with Gasteiger partial charge in [-0.1, -0.05) is 18.2 Å². The molecule has 0 bridgehead atoms. The Kier molecular flexibility index (Phi) is 5.34. The first-order valence-electron chi connectivity index (χ1n) is 9.04. The van der Waals surface area contributed by atoms with E-state index in [9.17, 15) is 9.18 Å². The summed E-state index contributed by atoms with van der Waals surface area (Å²) >= 11 is 0. The minimum Gasteiger partial charge on any atom is -0.368 e. The fourth-order valence-electron chi connectivity index (χ4n) is 3.16. The molecule has 0 spiro atoms. The number of pyridine rings is 1. The van der Waals surface area contributed by atoms with Crippen LogP contribution in [0.4, 0.5) is 4.39 Å². The van der Waals surface area contributed by atoms with Crippen LogP contribution in [0.25, 0.3) is 11.1 Å². The van der Waals surface area contributed by atoms with Crippen molar-refractivity contribution < 1.29 is 13.9 Å². The molecule has 4 rings (SSSR count). The fourth-order valence-corrected chi connectivity index (χ4v) is 3.16. The van der Waals surface area contributed by atoms with E-state index in [0.717, 1.165) is 22.4 Å². The van der Waals surface area contributed by atoms with Crippen molar-refractivity contribution in [2.45, 2.75) is 12.5 Å². The zero-order valence-electron chi connectivity index (χ0n) is 15.2. The zero-order chi connectivity index (χ0) is 19.3. The summed E-state index contributed by atoms with van der Waals surface area (Å²) in [7, 11) is 0. The number of hydrogen-bond acceptors (Lipinski definition) is 5. The third-order valence-corrected chi connectivity index (χ3v) is 4.70. The second kappa shape index (κ2) is 8.22. The van der Waals surface area contributed by atoms with Crippen molar-refractivity contribution in [1.29, 1.82) is 0 Å². The van der Waals surface area contributed by atoms with Gasteiger partial charge in [0, 0.05) is 36.3 Å². The maximum Gasteiger partial charge on any atom is 0.227 e. The third kappa shape index (κ3) is 4.20. The zero-order valence-corrected chi connectivity index (χ0v) is 15.2. The summed E-state index contributed by atoms with van der Waals surface area (Å²) < 4.78 is 18.9. The molecule has 0 N–H and O–H groups in total. The van der Waals surface area contributed by atoms with E-state index < -0.39 is 0 Å². The highest BCUT2D eigenvalue weighted by atomic mass is 19.1. The van der Waals surface area contributed by atoms with Gasteiger partial charge in [0.25, 0.3) is 0 Å². The smallest absolute Gasteiger partial charge is 0.227 e. The van der Waals surface area contributed by atoms with Gasteiger partial charge in [-0.15, -0.1) is 0 Å². The lowest BCUT2D eigenvalue weighted by atomic mass is 10.1. The highest BCUT2D eigenvalue weighted by molar-refractivity contribution is 5.79. The van der Waals surface area contributed by atoms with Gasteiger partial charge < -0.3 is 9.64 Å². The molecule has 1 fully saturated rings. The topological polar surface area (TPSA) is 68.2 Å². The number of benzene rings is 1. The minimum atomic E-state index is -0.306. The van der Waals surface area contributed by atoms with Crippen LogP contribution in [-0.4, -0.2) is 45.5 Å². The summed E-state index contributed by atoms with van der Waals surface area (Å²) in [6, 6.07) is 9.87. The van der Waals surface area contributed by atoms with Gasteiger partial charge in [0.05, 0.1) is 25.3 Å². The first-order valence-corrected chi connectivity index (χ1v) is 9.04. The van der Waals surface area contributed by atoms with E-state index in [1.165, 1.54) is 18.5 Å². The molecule has 1 aliphatic heterocycles. The number of carbonyl (C=O) groups excluding carboxylic acids is 1. The Morgan fingerprint density at radius 3 is 2.57 bits per heavy atom. The fraction of sp³-hybridized carbons (Fsp3) is 0.238. The molecule has 0 saturated carbocycles. The minimum absolute atomic E-state index is 0.00189. The van der Waals surface area contributed by atoms with Gasteiger partial charge in [-0.3, -0.25) is 9.78 Å². The number of amides is 1. The van der Waals surface area contributed by atoms with Crippen molar-refractivity contribution in [3.8, 4) is 11.1 Å². The lowest BCUT2D eigenvalue weighted by molar-refractivity contribution is -0.138. The lowest BCUT2D eigenvalue weighted by Crippen LogP contribution is -2.43. The Bertz CT molecular complexity index is 933. The highest BCUT2D eigenvalue weighted by Crippen LogP contribution is 2.24. The van der Waals surface area contributed by atoms with E-state index in [0.29, 0.717) is 19.7 Å². The average Bonchev–Trinajstić information content (AvgIpc) is 2.76. The second-order valence-corrected chi connectivity index (χ2v) is 6.60. The van der Waals surface area contributed by atoms with Crippen LogP contribution in [0.2, 0.25) is 0 Å². The maximum absolute atomic E-state index is 13.0. The summed E-state index contributed by atoms with van der Waals surface area (Å²) in [5.41, 5.74) is 3.38. The van der Waals surface area contributed by atoms with Crippen LogP contribution in [0.1, 0.15) is 17.4 Å². The van der Waals surface area contributed by atoms with Crippen LogP contribution < -0.4 is 0 Å². The molecule has 7 heteroatoms. The molecule has 1 saturated heterocycles. The number of hydrogen-bond donors (Lipinski definition) is 0. The van der Waals surface area contributed by atoms with Crippen molar-refractivity contribution in [3.63, 3.8) is 0 Å². The second-order valence-electron chi connectivity index (χ2n) is 6.60. The molecule has 1 atom stereocenters. The number of carbonyl (C=O) groups is 1. The summed E-state index contributed by atoms with van der Waals surface area (Å²) in [4.78, 5) is 26.9. The molecule has 2 aromatic heterocycles. The maximum atomic E-state index is 13.0. The molecule has 3 aromatic rings. The molecule has 0 aliphatic carbocycles. The highest BCUT2D eigenvalue weighted by Gasteiger charge is 2.26. The van der Waals surface area contributed by atoms with Gasteiger partial charge in [0.2, 0.25) is 5.91 Å². The number of halogens is 1. The largest absolute Gasteiger partial charge is 0.368 e. The molecular weight excluding hydrogens is 359 g/mol. The molecule has 142 valence electrons. The molecule has 1 unspecified atom stereocenters. The molecular formula is C21H19FN4O2. The predicted octanol–water partition coefficient (Wildman–Crippen LogP) is 2.82. The molecule has 28 heavy (non-hydrogen) atoms. The summed E-state index contributed by atoms with van der Waals surface area (Å²) in [5, 5.41) is 0. The summed E-state index contributed by atoms with van der Waals surface area (Å²) in [6.07, 6.45) is 6.68. The van der Waals surface area contributed by atoms with Crippen LogP contribution in [0, 0.1) is 5.82 Å². The number of ether oxygens (including phenoxy) is 1. The Labute approximate surface area is 162 Å². The molecule has 1 aliphatic rings. The summed E-state index contributed by atoms with van der Waals surface area (Å²) in [6.45, 7) is 1.44. The molecule has 1 aromatic carbocycles. The van der Waals surface area contributed by atoms with Crippen LogP contribution in [0.15, 0.2) is 61.3 Å². The number of nitrogens with zero attached hydrogens (tertiary/aromatic N) is 4. The van der Waals surface area contributed by atoms with Crippen molar-refractivity contribution in [2.75, 3.05) is 19.7 Å². The van der Waals surface area contributed by atoms with Crippen LogP contribution >= 0.6 is 0 Å². The van der Waals surface area contributed by atoms with E-state index in [4.69, 9.17) is 4.74 Å². The Balaban J connectivity index is 1.42. The Morgan fingerprint density at radius 1 is 1.07 bits per heavy atom. The first-order chi connectivity index (χ1) is 13.7. The van der Waals surface area contributed by atoms with Gasteiger partial charge in [-0.05, 0) is 23.8 Å². The van der Waals surface area contributed by atoms with Crippen molar-refractivity contribution >= 4 is 5.91 Å². The summed E-state index contributed by atoms with van der Waals surface area (Å²) in [5.74, 6) is -0.308. The molecule has 1 amide bonds. The SMILES string of the molecule is O=C(Cc1ccc(F)cc1)N1CCOC(c2ccc(-c3cncnc3)cn2)C1. The van der Waals surface area contributed by atoms with Gasteiger partial charge >= 0.3 is 0 Å². The van der Waals surface area contributed by atoms with E-state index in [1.54, 1.807) is 35.6 Å². The van der Waals surface area contributed by atoms with Gasteiger partial charge in [0.1, 0.15) is 18.2 Å². The van der Waals surface area contributed by atoms with Crippen molar-refractivity contribution in [1.82, 2.24) is 19.9 Å². The number of morpholine rings is 1. The molecule has 3 heterocycles. The first kappa shape index (κ1) is 18.2. The Morgan fingerprint density at radius 2 is 1.86 bits per heavy atom.